The lowest BCUT2D eigenvalue weighted by Crippen LogP contribution is -2.36. The van der Waals surface area contributed by atoms with Gasteiger partial charge < -0.3 is 10.2 Å². The van der Waals surface area contributed by atoms with Crippen molar-refractivity contribution >= 4 is 17.5 Å². The van der Waals surface area contributed by atoms with Gasteiger partial charge in [-0.3, -0.25) is 14.6 Å². The normalized spacial score (nSPS) is 14.7. The molecule has 0 bridgehead atoms. The molecule has 0 spiro atoms. The van der Waals surface area contributed by atoms with Crippen molar-refractivity contribution in [2.75, 3.05) is 18.4 Å². The molecule has 2 aromatic rings. The van der Waals surface area contributed by atoms with E-state index in [1.54, 1.807) is 29.2 Å². The number of carbonyl (C=O) groups excluding carboxylic acids is 2. The molecule has 8 heteroatoms. The fraction of sp³-hybridized carbons (Fsp3) is 0.316. The van der Waals surface area contributed by atoms with Crippen LogP contribution in [0.2, 0.25) is 0 Å². The Bertz CT molecular complexity index is 829. The zero-order valence-electron chi connectivity index (χ0n) is 14.4. The van der Waals surface area contributed by atoms with Crippen LogP contribution in [-0.4, -0.2) is 34.8 Å². The number of nitrogens with one attached hydrogen (secondary N) is 1. The third kappa shape index (κ3) is 4.45. The largest absolute Gasteiger partial charge is 0.433 e. The third-order valence-corrected chi connectivity index (χ3v) is 4.37. The number of piperidine rings is 1. The number of pyridine rings is 1. The number of para-hydroxylation sites is 1. The summed E-state index contributed by atoms with van der Waals surface area (Å²) in [5.74, 6) is -0.800. The maximum atomic E-state index is 12.7. The first-order chi connectivity index (χ1) is 12.9. The van der Waals surface area contributed by atoms with Gasteiger partial charge in [0.15, 0.2) is 0 Å². The second-order valence-corrected chi connectivity index (χ2v) is 6.28. The van der Waals surface area contributed by atoms with E-state index in [2.05, 4.69) is 10.3 Å². The molecule has 1 aliphatic heterocycles. The molecule has 3 rings (SSSR count). The number of likely N-dealkylation sites (tertiary alicyclic amines) is 1. The lowest BCUT2D eigenvalue weighted by molar-refractivity contribution is -0.141. The maximum absolute atomic E-state index is 12.7. The fourth-order valence-corrected chi connectivity index (χ4v) is 2.94. The maximum Gasteiger partial charge on any atom is 0.433 e. The van der Waals surface area contributed by atoms with E-state index in [4.69, 9.17) is 0 Å². The smallest absolute Gasteiger partial charge is 0.339 e. The highest BCUT2D eigenvalue weighted by molar-refractivity contribution is 6.08. The minimum absolute atomic E-state index is 0.0248. The number of aromatic nitrogens is 1. The van der Waals surface area contributed by atoms with E-state index in [1.165, 1.54) is 0 Å². The molecule has 1 aliphatic rings. The predicted octanol–water partition coefficient (Wildman–Crippen LogP) is 3.98. The molecular formula is C19H18F3N3O2. The monoisotopic (exact) mass is 377 g/mol. The van der Waals surface area contributed by atoms with Crippen molar-refractivity contribution in [3.05, 3.63) is 59.4 Å². The minimum Gasteiger partial charge on any atom is -0.339 e. The molecule has 1 aromatic heterocycles. The molecule has 5 nitrogen and oxygen atoms in total. The number of amides is 2. The van der Waals surface area contributed by atoms with Gasteiger partial charge in [0, 0.05) is 19.3 Å². The van der Waals surface area contributed by atoms with E-state index >= 15 is 0 Å². The first-order valence-corrected chi connectivity index (χ1v) is 8.59. The zero-order valence-corrected chi connectivity index (χ0v) is 14.4. The minimum atomic E-state index is -4.57. The van der Waals surface area contributed by atoms with Crippen molar-refractivity contribution in [3.63, 3.8) is 0 Å². The first-order valence-electron chi connectivity index (χ1n) is 8.59. The summed E-state index contributed by atoms with van der Waals surface area (Å²) < 4.78 is 37.7. The van der Waals surface area contributed by atoms with Gasteiger partial charge in [0.2, 0.25) is 0 Å². The van der Waals surface area contributed by atoms with Crippen molar-refractivity contribution in [1.82, 2.24) is 9.88 Å². The van der Waals surface area contributed by atoms with Crippen molar-refractivity contribution in [2.24, 2.45) is 0 Å². The quantitative estimate of drug-likeness (QED) is 0.880. The number of hydrogen-bond donors (Lipinski definition) is 1. The van der Waals surface area contributed by atoms with Crippen molar-refractivity contribution in [2.45, 2.75) is 25.4 Å². The summed E-state index contributed by atoms with van der Waals surface area (Å²) in [5, 5.41) is 2.60. The van der Waals surface area contributed by atoms with E-state index in [0.717, 1.165) is 37.6 Å². The van der Waals surface area contributed by atoms with Gasteiger partial charge in [-0.25, -0.2) is 0 Å². The Kier molecular flexibility index (Phi) is 5.43. The molecule has 0 unspecified atom stereocenters. The van der Waals surface area contributed by atoms with Crippen molar-refractivity contribution < 1.29 is 22.8 Å². The second kappa shape index (κ2) is 7.77. The summed E-state index contributed by atoms with van der Waals surface area (Å²) in [7, 11) is 0. The number of rotatable bonds is 3. The number of carbonyl (C=O) groups is 2. The fourth-order valence-electron chi connectivity index (χ4n) is 2.94. The molecule has 2 amide bonds. The third-order valence-electron chi connectivity index (χ3n) is 4.37. The number of halogens is 3. The Morgan fingerprint density at radius 1 is 1.00 bits per heavy atom. The van der Waals surface area contributed by atoms with Gasteiger partial charge in [0.05, 0.1) is 16.8 Å². The van der Waals surface area contributed by atoms with E-state index in [0.29, 0.717) is 24.3 Å². The van der Waals surface area contributed by atoms with E-state index in [1.807, 2.05) is 0 Å². The number of benzene rings is 1. The van der Waals surface area contributed by atoms with E-state index in [-0.39, 0.29) is 11.5 Å². The molecular weight excluding hydrogens is 359 g/mol. The second-order valence-electron chi connectivity index (χ2n) is 6.28. The summed E-state index contributed by atoms with van der Waals surface area (Å²) in [6, 6.07) is 8.39. The Labute approximate surface area is 154 Å². The SMILES string of the molecule is O=C(Nc1ccccc1C(=O)N1CCCCC1)c1ccc(C(F)(F)F)nc1. The van der Waals surface area contributed by atoms with Crippen LogP contribution in [0.15, 0.2) is 42.6 Å². The molecule has 1 saturated heterocycles. The van der Waals surface area contributed by atoms with Crippen LogP contribution >= 0.6 is 0 Å². The highest BCUT2D eigenvalue weighted by Crippen LogP contribution is 2.27. The lowest BCUT2D eigenvalue weighted by Gasteiger charge is -2.27. The van der Waals surface area contributed by atoms with Gasteiger partial charge in [-0.05, 0) is 43.5 Å². The number of anilines is 1. The molecule has 0 aliphatic carbocycles. The van der Waals surface area contributed by atoms with Crippen LogP contribution in [0.3, 0.4) is 0 Å². The average molecular weight is 377 g/mol. The Hall–Kier alpha value is -2.90. The Balaban J connectivity index is 1.77. The summed E-state index contributed by atoms with van der Waals surface area (Å²) in [6.45, 7) is 1.34. The van der Waals surface area contributed by atoms with Crippen LogP contribution in [-0.2, 0) is 6.18 Å². The number of hydrogen-bond acceptors (Lipinski definition) is 3. The Morgan fingerprint density at radius 2 is 1.70 bits per heavy atom. The number of nitrogens with zero attached hydrogens (tertiary/aromatic N) is 2. The average Bonchev–Trinajstić information content (AvgIpc) is 2.68. The van der Waals surface area contributed by atoms with Crippen molar-refractivity contribution in [1.29, 1.82) is 0 Å². The van der Waals surface area contributed by atoms with Crippen LogP contribution < -0.4 is 5.32 Å². The van der Waals surface area contributed by atoms with Crippen LogP contribution in [0.4, 0.5) is 18.9 Å². The van der Waals surface area contributed by atoms with Gasteiger partial charge in [-0.2, -0.15) is 13.2 Å². The molecule has 2 heterocycles. The highest BCUT2D eigenvalue weighted by Gasteiger charge is 2.32. The molecule has 1 fully saturated rings. The lowest BCUT2D eigenvalue weighted by atomic mass is 10.1. The molecule has 1 aromatic carbocycles. The summed E-state index contributed by atoms with van der Waals surface area (Å²) in [4.78, 5) is 30.1. The van der Waals surface area contributed by atoms with Crippen LogP contribution in [0, 0.1) is 0 Å². The van der Waals surface area contributed by atoms with E-state index in [9.17, 15) is 22.8 Å². The molecule has 0 radical (unpaired) electrons. The molecule has 142 valence electrons. The molecule has 1 N–H and O–H groups in total. The summed E-state index contributed by atoms with van der Waals surface area (Å²) in [6.07, 6.45) is -0.728. The van der Waals surface area contributed by atoms with Gasteiger partial charge in [-0.15, -0.1) is 0 Å². The van der Waals surface area contributed by atoms with E-state index < -0.39 is 17.8 Å². The van der Waals surface area contributed by atoms with Gasteiger partial charge in [-0.1, -0.05) is 12.1 Å². The standard InChI is InChI=1S/C19H18F3N3O2/c20-19(21,22)16-9-8-13(12-23-16)17(26)24-15-7-3-2-6-14(15)18(27)25-10-4-1-5-11-25/h2-3,6-9,12H,1,4-5,10-11H2,(H,24,26). The van der Waals surface area contributed by atoms with Crippen molar-refractivity contribution in [3.8, 4) is 0 Å². The van der Waals surface area contributed by atoms with Gasteiger partial charge in [0.1, 0.15) is 5.69 Å². The van der Waals surface area contributed by atoms with Crippen LogP contribution in [0.1, 0.15) is 45.7 Å². The van der Waals surface area contributed by atoms with Crippen LogP contribution in [0.25, 0.3) is 0 Å². The molecule has 27 heavy (non-hydrogen) atoms. The molecule has 0 atom stereocenters. The van der Waals surface area contributed by atoms with Gasteiger partial charge >= 0.3 is 6.18 Å². The molecule has 0 saturated carbocycles. The number of alkyl halides is 3. The van der Waals surface area contributed by atoms with Crippen LogP contribution in [0.5, 0.6) is 0 Å². The Morgan fingerprint density at radius 3 is 2.33 bits per heavy atom. The first kappa shape index (κ1) is 18.9. The summed E-state index contributed by atoms with van der Waals surface area (Å²) in [5.41, 5.74) is -0.423. The predicted molar refractivity (Wildman–Crippen MR) is 93.4 cm³/mol. The summed E-state index contributed by atoms with van der Waals surface area (Å²) >= 11 is 0. The van der Waals surface area contributed by atoms with Gasteiger partial charge in [0.25, 0.3) is 11.8 Å². The topological polar surface area (TPSA) is 62.3 Å². The highest BCUT2D eigenvalue weighted by atomic mass is 19.4. The zero-order chi connectivity index (χ0) is 19.4.